The van der Waals surface area contributed by atoms with Gasteiger partial charge in [-0.2, -0.15) is 5.26 Å². The second-order valence-electron chi connectivity index (χ2n) is 6.33. The minimum atomic E-state index is -0.633. The van der Waals surface area contributed by atoms with Crippen molar-refractivity contribution < 1.29 is 9.53 Å². The third kappa shape index (κ3) is 6.16. The van der Waals surface area contributed by atoms with Crippen LogP contribution in [0.25, 0.3) is 6.08 Å². The highest BCUT2D eigenvalue weighted by Gasteiger charge is 2.15. The molecule has 0 radical (unpaired) electrons. The van der Waals surface area contributed by atoms with E-state index < -0.39 is 5.91 Å². The first-order valence-corrected chi connectivity index (χ1v) is 10.4. The largest absolute Gasteiger partial charge is 0.487 e. The van der Waals surface area contributed by atoms with E-state index in [-0.39, 0.29) is 22.2 Å². The summed E-state index contributed by atoms with van der Waals surface area (Å²) in [5.74, 6) is -0.323. The summed E-state index contributed by atoms with van der Waals surface area (Å²) in [6.45, 7) is 0.250. The van der Waals surface area contributed by atoms with Crippen LogP contribution in [-0.4, -0.2) is 5.91 Å². The highest BCUT2D eigenvalue weighted by atomic mass is 35.5. The Morgan fingerprint density at radius 2 is 1.71 bits per heavy atom. The second-order valence-corrected chi connectivity index (χ2v) is 7.99. The molecule has 0 aliphatic heterocycles. The van der Waals surface area contributed by atoms with Gasteiger partial charge in [-0.25, -0.2) is 0 Å². The van der Waals surface area contributed by atoms with Gasteiger partial charge in [-0.15, -0.1) is 0 Å². The van der Waals surface area contributed by atoms with Crippen LogP contribution in [0.4, 0.5) is 5.69 Å². The number of anilines is 1. The van der Waals surface area contributed by atoms with Crippen LogP contribution < -0.4 is 10.1 Å². The monoisotopic (exact) mass is 490 g/mol. The van der Waals surface area contributed by atoms with Crippen molar-refractivity contribution in [2.75, 3.05) is 5.32 Å². The summed E-state index contributed by atoms with van der Waals surface area (Å²) in [6.07, 6.45) is 1.37. The van der Waals surface area contributed by atoms with Gasteiger partial charge < -0.3 is 10.1 Å². The fourth-order valence-electron chi connectivity index (χ4n) is 2.65. The molecule has 3 aromatic rings. The van der Waals surface area contributed by atoms with E-state index in [9.17, 15) is 10.1 Å². The molecular weight excluding hydrogens is 478 g/mol. The quantitative estimate of drug-likeness (QED) is 0.288. The van der Waals surface area contributed by atoms with Crippen molar-refractivity contribution in [3.63, 3.8) is 0 Å². The first-order chi connectivity index (χ1) is 14.9. The predicted octanol–water partition coefficient (Wildman–Crippen LogP) is 7.42. The molecule has 4 nitrogen and oxygen atoms in total. The number of nitriles is 1. The lowest BCUT2D eigenvalue weighted by Gasteiger charge is -2.13. The number of ether oxygens (including phenoxy) is 1. The van der Waals surface area contributed by atoms with Gasteiger partial charge in [0.1, 0.15) is 24.0 Å². The third-order valence-corrected chi connectivity index (χ3v) is 5.34. The average molecular weight is 492 g/mol. The van der Waals surface area contributed by atoms with Crippen LogP contribution in [0.2, 0.25) is 20.1 Å². The Balaban J connectivity index is 1.89. The van der Waals surface area contributed by atoms with Crippen LogP contribution in [0.15, 0.2) is 66.2 Å². The lowest BCUT2D eigenvalue weighted by molar-refractivity contribution is -0.112. The lowest BCUT2D eigenvalue weighted by Crippen LogP contribution is -2.13. The summed E-state index contributed by atoms with van der Waals surface area (Å²) in [7, 11) is 0. The van der Waals surface area contributed by atoms with Gasteiger partial charge in [-0.05, 0) is 42.0 Å². The summed E-state index contributed by atoms with van der Waals surface area (Å²) in [4.78, 5) is 12.6. The summed E-state index contributed by atoms with van der Waals surface area (Å²) >= 11 is 24.3. The Labute approximate surface area is 199 Å². The highest BCUT2D eigenvalue weighted by molar-refractivity contribution is 6.42. The molecule has 1 N–H and O–H groups in total. The van der Waals surface area contributed by atoms with E-state index in [1.807, 2.05) is 36.4 Å². The number of hydrogen-bond acceptors (Lipinski definition) is 3. The molecule has 0 atom stereocenters. The minimum Gasteiger partial charge on any atom is -0.487 e. The normalized spacial score (nSPS) is 11.0. The molecular formula is C23H14Cl4N2O2. The zero-order valence-corrected chi connectivity index (χ0v) is 18.9. The van der Waals surface area contributed by atoms with Gasteiger partial charge in [0.25, 0.3) is 5.91 Å². The number of nitrogens with one attached hydrogen (secondary N) is 1. The van der Waals surface area contributed by atoms with Crippen molar-refractivity contribution >= 4 is 64.1 Å². The van der Waals surface area contributed by atoms with Gasteiger partial charge in [-0.3, -0.25) is 4.79 Å². The van der Waals surface area contributed by atoms with E-state index in [1.165, 1.54) is 18.2 Å². The van der Waals surface area contributed by atoms with E-state index in [0.29, 0.717) is 27.0 Å². The zero-order valence-electron chi connectivity index (χ0n) is 15.8. The summed E-state index contributed by atoms with van der Waals surface area (Å²) < 4.78 is 5.87. The van der Waals surface area contributed by atoms with Crippen molar-refractivity contribution in [1.82, 2.24) is 0 Å². The van der Waals surface area contributed by atoms with Gasteiger partial charge in [0.15, 0.2) is 0 Å². The first-order valence-electron chi connectivity index (χ1n) is 8.91. The van der Waals surface area contributed by atoms with Crippen molar-refractivity contribution in [3.8, 4) is 11.8 Å². The van der Waals surface area contributed by atoms with Crippen LogP contribution in [0, 0.1) is 11.3 Å². The SMILES string of the molecule is N#C/C(=C\c1cc(Cl)cc(Cl)c1OCc1ccccc1)C(=O)Nc1ccc(Cl)c(Cl)c1. The molecule has 0 saturated carbocycles. The summed E-state index contributed by atoms with van der Waals surface area (Å²) in [6, 6.07) is 19.1. The molecule has 8 heteroatoms. The molecule has 0 aliphatic carbocycles. The minimum absolute atomic E-state index is 0.172. The van der Waals surface area contributed by atoms with Crippen LogP contribution in [-0.2, 0) is 11.4 Å². The van der Waals surface area contributed by atoms with Gasteiger partial charge in [0.05, 0.1) is 15.1 Å². The number of halogens is 4. The summed E-state index contributed by atoms with van der Waals surface area (Å²) in [5, 5.41) is 13.4. The third-order valence-electron chi connectivity index (χ3n) is 4.11. The Morgan fingerprint density at radius 1 is 0.968 bits per heavy atom. The van der Waals surface area contributed by atoms with E-state index in [4.69, 9.17) is 51.1 Å². The Morgan fingerprint density at radius 3 is 2.39 bits per heavy atom. The molecule has 3 aromatic carbocycles. The Hall–Kier alpha value is -2.68. The molecule has 156 valence electrons. The number of amides is 1. The van der Waals surface area contributed by atoms with Crippen molar-refractivity contribution in [2.24, 2.45) is 0 Å². The van der Waals surface area contributed by atoms with Crippen molar-refractivity contribution in [1.29, 1.82) is 5.26 Å². The fourth-order valence-corrected chi connectivity index (χ4v) is 3.51. The van der Waals surface area contributed by atoms with E-state index in [0.717, 1.165) is 5.56 Å². The van der Waals surface area contributed by atoms with Gasteiger partial charge in [-0.1, -0.05) is 76.7 Å². The van der Waals surface area contributed by atoms with Gasteiger partial charge in [0, 0.05) is 16.3 Å². The number of benzene rings is 3. The first kappa shape index (κ1) is 23.0. The lowest BCUT2D eigenvalue weighted by atomic mass is 10.1. The zero-order chi connectivity index (χ0) is 22.4. The van der Waals surface area contributed by atoms with E-state index >= 15 is 0 Å². The van der Waals surface area contributed by atoms with Gasteiger partial charge >= 0.3 is 0 Å². The summed E-state index contributed by atoms with van der Waals surface area (Å²) in [5.41, 5.74) is 1.55. The molecule has 0 heterocycles. The standard InChI is InChI=1S/C23H14Cl4N2O2/c24-17-9-15(22(21(27)10-17)31-13-14-4-2-1-3-5-14)8-16(12-28)23(30)29-18-6-7-19(25)20(26)11-18/h1-11H,13H2,(H,29,30)/b16-8+. The molecule has 0 fully saturated rings. The van der Waals surface area contributed by atoms with E-state index in [2.05, 4.69) is 5.32 Å². The number of hydrogen-bond donors (Lipinski definition) is 1. The number of nitrogens with zero attached hydrogens (tertiary/aromatic N) is 1. The maximum atomic E-state index is 12.6. The predicted molar refractivity (Wildman–Crippen MR) is 126 cm³/mol. The van der Waals surface area contributed by atoms with Crippen molar-refractivity contribution in [3.05, 3.63) is 97.5 Å². The number of carbonyl (C=O) groups excluding carboxylic acids is 1. The highest BCUT2D eigenvalue weighted by Crippen LogP contribution is 2.34. The molecule has 0 unspecified atom stereocenters. The molecule has 0 saturated heterocycles. The topological polar surface area (TPSA) is 62.1 Å². The molecule has 31 heavy (non-hydrogen) atoms. The molecule has 0 bridgehead atoms. The molecule has 3 rings (SSSR count). The Bertz CT molecular complexity index is 1190. The Kier molecular flexibility index (Phi) is 7.84. The van der Waals surface area contributed by atoms with Crippen LogP contribution in [0.5, 0.6) is 5.75 Å². The molecule has 1 amide bonds. The number of carbonyl (C=O) groups is 1. The molecule has 0 spiro atoms. The number of rotatable bonds is 6. The van der Waals surface area contributed by atoms with Crippen LogP contribution in [0.3, 0.4) is 0 Å². The van der Waals surface area contributed by atoms with E-state index in [1.54, 1.807) is 18.2 Å². The fraction of sp³-hybridized carbons (Fsp3) is 0.0435. The van der Waals surface area contributed by atoms with Crippen LogP contribution >= 0.6 is 46.4 Å². The second kappa shape index (κ2) is 10.6. The molecule has 0 aromatic heterocycles. The maximum absolute atomic E-state index is 12.6. The van der Waals surface area contributed by atoms with Gasteiger partial charge in [0.2, 0.25) is 0 Å². The van der Waals surface area contributed by atoms with Crippen LogP contribution in [0.1, 0.15) is 11.1 Å². The maximum Gasteiger partial charge on any atom is 0.266 e. The van der Waals surface area contributed by atoms with Crippen molar-refractivity contribution in [2.45, 2.75) is 6.61 Å². The smallest absolute Gasteiger partial charge is 0.266 e. The molecule has 0 aliphatic rings. The average Bonchev–Trinajstić information content (AvgIpc) is 2.74.